The third-order valence-corrected chi connectivity index (χ3v) is 11.1. The Hall–Kier alpha value is 1.48. The molecular weight excluding hydrogens is 1100 g/mol. The van der Waals surface area contributed by atoms with Crippen LogP contribution in [0.5, 0.6) is 11.5 Å². The fraction of sp³-hybridized carbons (Fsp3) is 0. The molecule has 0 radical (unpaired) electrons. The summed E-state index contributed by atoms with van der Waals surface area (Å²) in [5.74, 6) is 1.28. The Labute approximate surface area is 286 Å². The van der Waals surface area contributed by atoms with E-state index in [1.807, 2.05) is 48.5 Å². The fourth-order valence-corrected chi connectivity index (χ4v) is 11.2. The Bertz CT molecular complexity index is 1370. The molecule has 4 aromatic carbocycles. The van der Waals surface area contributed by atoms with Gasteiger partial charge in [0, 0.05) is 38.0 Å². The molecule has 0 aliphatic rings. The van der Waals surface area contributed by atoms with Gasteiger partial charge in [0.2, 0.25) is 0 Å². The van der Waals surface area contributed by atoms with Crippen molar-refractivity contribution < 1.29 is 4.74 Å². The monoisotopic (exact) mass is 1100 g/mol. The first-order valence-corrected chi connectivity index (χ1v) is 17.4. The fourth-order valence-electron chi connectivity index (χ4n) is 3.31. The lowest BCUT2D eigenvalue weighted by Gasteiger charge is -2.20. The molecular formula is C24H8Br10O. The topological polar surface area (TPSA) is 9.23 Å². The highest BCUT2D eigenvalue weighted by molar-refractivity contribution is 9.12. The van der Waals surface area contributed by atoms with E-state index in [0.717, 1.165) is 67.0 Å². The van der Waals surface area contributed by atoms with Crippen molar-refractivity contribution in [3.63, 3.8) is 0 Å². The summed E-state index contributed by atoms with van der Waals surface area (Å²) in [4.78, 5) is 0. The van der Waals surface area contributed by atoms with Gasteiger partial charge in [0.1, 0.15) is 0 Å². The van der Waals surface area contributed by atoms with Crippen LogP contribution < -0.4 is 4.74 Å². The van der Waals surface area contributed by atoms with Crippen molar-refractivity contribution in [1.29, 1.82) is 0 Å². The quantitative estimate of drug-likeness (QED) is 0.198. The third-order valence-electron chi connectivity index (χ3n) is 4.86. The lowest BCUT2D eigenvalue weighted by Crippen LogP contribution is -1.95. The first-order valence-electron chi connectivity index (χ1n) is 9.43. The minimum absolute atomic E-state index is 0.641. The summed E-state index contributed by atoms with van der Waals surface area (Å²) in [6.45, 7) is 0. The van der Waals surface area contributed by atoms with Gasteiger partial charge in [-0.05, 0) is 111 Å². The maximum Gasteiger partial charge on any atom is 0.156 e. The van der Waals surface area contributed by atoms with Crippen LogP contribution in [0.15, 0.2) is 93.3 Å². The van der Waals surface area contributed by atoms with Crippen LogP contribution in [0.4, 0.5) is 0 Å². The molecule has 11 heteroatoms. The molecule has 4 aromatic rings. The van der Waals surface area contributed by atoms with Crippen molar-refractivity contribution in [1.82, 2.24) is 0 Å². The molecule has 0 atom stereocenters. The van der Waals surface area contributed by atoms with E-state index >= 15 is 0 Å². The van der Waals surface area contributed by atoms with Crippen LogP contribution in [-0.2, 0) is 0 Å². The zero-order valence-electron chi connectivity index (χ0n) is 16.8. The third kappa shape index (κ3) is 6.30. The molecule has 0 N–H and O–H groups in total. The number of rotatable bonds is 4. The molecule has 0 amide bonds. The molecule has 0 aromatic heterocycles. The van der Waals surface area contributed by atoms with E-state index in [2.05, 4.69) is 159 Å². The predicted octanol–water partition coefficient (Wildman–Crippen LogP) is 14.4. The van der Waals surface area contributed by atoms with Crippen LogP contribution in [-0.4, -0.2) is 0 Å². The SMILES string of the molecule is Brc1ccc(-c2c(Br)cc(Br)c(Oc3c(Br)cc(Br)c(-c4ccc(Br)cc4Br)c3Br)c2Br)c(Br)c1. The van der Waals surface area contributed by atoms with Gasteiger partial charge in [0.15, 0.2) is 11.5 Å². The molecule has 180 valence electrons. The van der Waals surface area contributed by atoms with Gasteiger partial charge in [-0.3, -0.25) is 0 Å². The average Bonchev–Trinajstić information content (AvgIpc) is 2.75. The number of benzene rings is 4. The van der Waals surface area contributed by atoms with Gasteiger partial charge in [0.05, 0.1) is 17.9 Å². The van der Waals surface area contributed by atoms with Crippen molar-refractivity contribution in [3.05, 3.63) is 93.3 Å². The summed E-state index contributed by atoms with van der Waals surface area (Å²) >= 11 is 36.8. The van der Waals surface area contributed by atoms with Gasteiger partial charge >= 0.3 is 0 Å². The van der Waals surface area contributed by atoms with Crippen molar-refractivity contribution in [3.8, 4) is 33.8 Å². The standard InChI is InChI=1S/C24H8Br10O/c25-9-1-3-11(13(27)5-9)19-15(29)7-17(31)23(21(19)33)35-24-18(32)8-16(30)20(22(24)34)12-4-2-10(26)6-14(12)28/h1-8H. The predicted molar refractivity (Wildman–Crippen MR) is 181 cm³/mol. The van der Waals surface area contributed by atoms with Crippen molar-refractivity contribution in [2.45, 2.75) is 0 Å². The summed E-state index contributed by atoms with van der Waals surface area (Å²) < 4.78 is 15.5. The molecule has 0 bridgehead atoms. The van der Waals surface area contributed by atoms with Crippen LogP contribution in [0.3, 0.4) is 0 Å². The van der Waals surface area contributed by atoms with E-state index in [1.54, 1.807) is 0 Å². The summed E-state index contributed by atoms with van der Waals surface area (Å²) in [6.07, 6.45) is 0. The summed E-state index contributed by atoms with van der Waals surface area (Å²) in [6, 6.07) is 16.1. The number of hydrogen-bond donors (Lipinski definition) is 0. The van der Waals surface area contributed by atoms with E-state index in [-0.39, 0.29) is 0 Å². The van der Waals surface area contributed by atoms with Crippen LogP contribution in [0.25, 0.3) is 22.3 Å². The summed E-state index contributed by atoms with van der Waals surface area (Å²) in [7, 11) is 0. The molecule has 4 rings (SSSR count). The van der Waals surface area contributed by atoms with Crippen LogP contribution in [0, 0.1) is 0 Å². The van der Waals surface area contributed by atoms with Crippen LogP contribution in [0.2, 0.25) is 0 Å². The second kappa shape index (κ2) is 12.3. The van der Waals surface area contributed by atoms with Gasteiger partial charge in [-0.15, -0.1) is 0 Å². The Morgan fingerprint density at radius 2 is 0.771 bits per heavy atom. The highest BCUT2D eigenvalue weighted by Gasteiger charge is 2.24. The number of ether oxygens (including phenoxy) is 1. The Balaban J connectivity index is 1.90. The first kappa shape index (κ1) is 29.5. The molecule has 0 saturated heterocycles. The number of halogens is 10. The van der Waals surface area contributed by atoms with E-state index < -0.39 is 0 Å². The van der Waals surface area contributed by atoms with Crippen molar-refractivity contribution in [2.24, 2.45) is 0 Å². The van der Waals surface area contributed by atoms with Crippen LogP contribution >= 0.6 is 159 Å². The molecule has 0 unspecified atom stereocenters. The van der Waals surface area contributed by atoms with Gasteiger partial charge in [-0.25, -0.2) is 0 Å². The van der Waals surface area contributed by atoms with Gasteiger partial charge in [0.25, 0.3) is 0 Å². The average molecular weight is 1110 g/mol. The zero-order valence-corrected chi connectivity index (χ0v) is 32.7. The summed E-state index contributed by atoms with van der Waals surface area (Å²) in [5, 5.41) is 0. The Morgan fingerprint density at radius 1 is 0.400 bits per heavy atom. The maximum atomic E-state index is 6.58. The molecule has 0 heterocycles. The number of hydrogen-bond acceptors (Lipinski definition) is 1. The molecule has 0 saturated carbocycles. The maximum absolute atomic E-state index is 6.58. The largest absolute Gasteiger partial charge is 0.453 e. The second-order valence-electron chi connectivity index (χ2n) is 7.07. The minimum atomic E-state index is 0.641. The molecule has 0 fully saturated rings. The molecule has 35 heavy (non-hydrogen) atoms. The highest BCUT2D eigenvalue weighted by atomic mass is 79.9. The lowest BCUT2D eigenvalue weighted by molar-refractivity contribution is 0.471. The summed E-state index contributed by atoms with van der Waals surface area (Å²) in [5.41, 5.74) is 3.95. The second-order valence-corrected chi connectivity index (χ2v) is 15.6. The van der Waals surface area contributed by atoms with Gasteiger partial charge in [-0.2, -0.15) is 0 Å². The van der Waals surface area contributed by atoms with E-state index in [0.29, 0.717) is 11.5 Å². The van der Waals surface area contributed by atoms with Gasteiger partial charge in [-0.1, -0.05) is 108 Å². The lowest BCUT2D eigenvalue weighted by atomic mass is 10.0. The minimum Gasteiger partial charge on any atom is -0.453 e. The van der Waals surface area contributed by atoms with E-state index in [4.69, 9.17) is 4.74 Å². The van der Waals surface area contributed by atoms with Crippen molar-refractivity contribution >= 4 is 159 Å². The molecule has 0 aliphatic carbocycles. The molecule has 0 aliphatic heterocycles. The highest BCUT2D eigenvalue weighted by Crippen LogP contribution is 2.53. The normalized spacial score (nSPS) is 11.1. The van der Waals surface area contributed by atoms with Crippen molar-refractivity contribution in [2.75, 3.05) is 0 Å². The first-order chi connectivity index (χ1) is 16.5. The molecule has 0 spiro atoms. The molecule has 1 nitrogen and oxygen atoms in total. The zero-order chi connectivity index (χ0) is 25.6. The smallest absolute Gasteiger partial charge is 0.156 e. The van der Waals surface area contributed by atoms with Gasteiger partial charge < -0.3 is 4.74 Å². The Kier molecular flexibility index (Phi) is 10.4. The van der Waals surface area contributed by atoms with E-state index in [9.17, 15) is 0 Å². The Morgan fingerprint density at radius 3 is 1.11 bits per heavy atom. The van der Waals surface area contributed by atoms with Crippen LogP contribution in [0.1, 0.15) is 0 Å². The van der Waals surface area contributed by atoms with E-state index in [1.165, 1.54) is 0 Å².